The van der Waals surface area contributed by atoms with E-state index in [1.807, 2.05) is 51.1 Å². The number of benzene rings is 1. The van der Waals surface area contributed by atoms with E-state index in [0.717, 1.165) is 47.3 Å². The molecule has 2 aliphatic heterocycles. The Balaban J connectivity index is 1.14. The van der Waals surface area contributed by atoms with Crippen LogP contribution in [0.1, 0.15) is 102 Å². The number of aryl methyl sites for hydroxylation is 1. The van der Waals surface area contributed by atoms with Crippen molar-refractivity contribution >= 4 is 56.0 Å². The zero-order valence-corrected chi connectivity index (χ0v) is 36.5. The van der Waals surface area contributed by atoms with Crippen LogP contribution in [-0.2, 0) is 24.4 Å². The highest BCUT2D eigenvalue weighted by Crippen LogP contribution is 2.47. The lowest BCUT2D eigenvalue weighted by Gasteiger charge is -2.31. The Labute approximate surface area is 355 Å². The lowest BCUT2D eigenvalue weighted by atomic mass is 10.0. The topological polar surface area (TPSA) is 189 Å². The summed E-state index contributed by atoms with van der Waals surface area (Å²) in [7, 11) is -0.626. The van der Waals surface area contributed by atoms with Gasteiger partial charge in [0.15, 0.2) is 0 Å². The fraction of sp³-hybridized carbons (Fsp3) is 0.581. The lowest BCUT2D eigenvalue weighted by Crippen LogP contribution is -2.59. The smallest absolute Gasteiger partial charge is 0.318 e. The number of carbonyl (C=O) groups is 4. The number of sulfonamides is 1. The van der Waals surface area contributed by atoms with Crippen LogP contribution < -0.4 is 24.8 Å². The van der Waals surface area contributed by atoms with Gasteiger partial charge < -0.3 is 29.9 Å². The summed E-state index contributed by atoms with van der Waals surface area (Å²) < 4.78 is 40.7. The van der Waals surface area contributed by atoms with Gasteiger partial charge in [-0.25, -0.2) is 23.2 Å². The van der Waals surface area contributed by atoms with Crippen molar-refractivity contribution in [1.29, 1.82) is 0 Å². The number of allylic oxidation sites excluding steroid dienone is 1. The third-order valence-electron chi connectivity index (χ3n) is 12.6. The monoisotopic (exact) mass is 861 g/mol. The predicted octanol–water partition coefficient (Wildman–Crippen LogP) is 5.32. The number of urea groups is 1. The fourth-order valence-electron chi connectivity index (χ4n) is 8.29. The molecule has 1 aromatic carbocycles. The van der Waals surface area contributed by atoms with E-state index in [2.05, 4.69) is 20.7 Å². The molecule has 0 spiro atoms. The van der Waals surface area contributed by atoms with Crippen LogP contribution in [0.3, 0.4) is 0 Å². The van der Waals surface area contributed by atoms with Crippen molar-refractivity contribution in [3.8, 4) is 22.2 Å². The number of methoxy groups -OCH3 is 1. The number of amides is 5. The van der Waals surface area contributed by atoms with Crippen LogP contribution in [0.4, 0.5) is 4.79 Å². The Bertz CT molecular complexity index is 2320. The summed E-state index contributed by atoms with van der Waals surface area (Å²) in [6.07, 6.45) is 9.96. The zero-order valence-electron chi connectivity index (χ0n) is 34.9. The van der Waals surface area contributed by atoms with E-state index >= 15 is 0 Å². The van der Waals surface area contributed by atoms with E-state index in [4.69, 9.17) is 19.4 Å². The average molecular weight is 862 g/mol. The number of hydrogen-bond donors (Lipinski definition) is 3. The molecule has 5 atom stereocenters. The van der Waals surface area contributed by atoms with Crippen molar-refractivity contribution < 1.29 is 37.1 Å². The minimum atomic E-state index is -3.90. The highest BCUT2D eigenvalue weighted by molar-refractivity contribution is 7.91. The molecular formula is C43H55N7O8S2. The van der Waals surface area contributed by atoms with Gasteiger partial charge in [-0.3, -0.25) is 19.1 Å². The van der Waals surface area contributed by atoms with Crippen LogP contribution in [-0.4, -0.2) is 108 Å². The maximum absolute atomic E-state index is 14.8. The number of pyridine rings is 1. The van der Waals surface area contributed by atoms with E-state index < -0.39 is 68.7 Å². The number of carbonyl (C=O) groups excluding carboxylic acids is 4. The predicted molar refractivity (Wildman–Crippen MR) is 227 cm³/mol. The Hall–Kier alpha value is -4.77. The van der Waals surface area contributed by atoms with Gasteiger partial charge in [-0.05, 0) is 84.3 Å². The van der Waals surface area contributed by atoms with E-state index in [9.17, 15) is 27.6 Å². The maximum Gasteiger partial charge on any atom is 0.318 e. The summed E-state index contributed by atoms with van der Waals surface area (Å²) in [5.41, 5.74) is 1.67. The molecule has 15 nitrogen and oxygen atoms in total. The third-order valence-corrected chi connectivity index (χ3v) is 15.3. The highest BCUT2D eigenvalue weighted by Gasteiger charge is 2.62. The van der Waals surface area contributed by atoms with Gasteiger partial charge in [-0.2, -0.15) is 0 Å². The van der Waals surface area contributed by atoms with Gasteiger partial charge >= 0.3 is 6.03 Å². The summed E-state index contributed by atoms with van der Waals surface area (Å²) in [5, 5.41) is 8.81. The molecule has 60 heavy (non-hydrogen) atoms. The van der Waals surface area contributed by atoms with Crippen LogP contribution in [0.2, 0.25) is 0 Å². The van der Waals surface area contributed by atoms with Crippen molar-refractivity contribution in [2.75, 3.05) is 20.7 Å². The van der Waals surface area contributed by atoms with E-state index in [-0.39, 0.29) is 25.4 Å². The van der Waals surface area contributed by atoms with Crippen molar-refractivity contribution in [2.45, 2.75) is 132 Å². The number of nitrogens with zero attached hydrogens (tertiary/aromatic N) is 4. The van der Waals surface area contributed by atoms with Gasteiger partial charge in [0.1, 0.15) is 45.9 Å². The van der Waals surface area contributed by atoms with Crippen LogP contribution >= 0.6 is 11.3 Å². The zero-order chi connectivity index (χ0) is 42.5. The van der Waals surface area contributed by atoms with E-state index in [1.54, 1.807) is 14.2 Å². The van der Waals surface area contributed by atoms with Gasteiger partial charge in [0, 0.05) is 53.7 Å². The second-order valence-electron chi connectivity index (χ2n) is 17.3. The summed E-state index contributed by atoms with van der Waals surface area (Å²) >= 11 is 1.52. The lowest BCUT2D eigenvalue weighted by molar-refractivity contribution is -0.141. The molecule has 17 heteroatoms. The Morgan fingerprint density at radius 2 is 1.85 bits per heavy atom. The molecule has 0 radical (unpaired) electrons. The van der Waals surface area contributed by atoms with Crippen LogP contribution in [0.5, 0.6) is 11.5 Å². The quantitative estimate of drug-likeness (QED) is 0.225. The standard InChI is InChI=1S/C43H55N7O8S2/c1-24(2)49(4)42(54)46-31-12-10-8-6-7-9-11-27-21-43(27,41(53)48-60(55,56)29-15-16-29)47-38(51)34-19-28(22-50(34)40(31)52)58-36-20-32(39-45-33(23-59-39)26-13-14-26)44-37-25(3)35(57-5)18-17-30(36)37/h9,11,17-18,20,23-24,26-29,31,34H,6-8,10,12-16,19,21-22H2,1-5H3,(H,46,54)(H,47,51)(H,48,53)/t27-,28-,31+,34+,43-/m1/s1. The van der Waals surface area contributed by atoms with Gasteiger partial charge in [-0.15, -0.1) is 11.3 Å². The van der Waals surface area contributed by atoms with Crippen molar-refractivity contribution in [3.05, 3.63) is 47.0 Å². The molecule has 0 bridgehead atoms. The first kappa shape index (κ1) is 41.9. The number of ether oxygens (including phenoxy) is 2. The molecule has 4 heterocycles. The summed E-state index contributed by atoms with van der Waals surface area (Å²) in [4.78, 5) is 69.7. The maximum atomic E-state index is 14.8. The second kappa shape index (κ2) is 16.6. The molecule has 2 aromatic heterocycles. The normalized spacial score (nSPS) is 26.1. The van der Waals surface area contributed by atoms with Crippen LogP contribution in [0, 0.1) is 12.8 Å². The molecule has 1 saturated heterocycles. The molecule has 3 aliphatic carbocycles. The first-order valence-electron chi connectivity index (χ1n) is 21.2. The molecule has 322 valence electrons. The largest absolute Gasteiger partial charge is 0.496 e. The van der Waals surface area contributed by atoms with Gasteiger partial charge in [0.2, 0.25) is 21.8 Å². The molecule has 3 N–H and O–H groups in total. The number of hydrogen-bond acceptors (Lipinski definition) is 11. The minimum absolute atomic E-state index is 0.0132. The van der Waals surface area contributed by atoms with Crippen molar-refractivity contribution in [3.63, 3.8) is 0 Å². The van der Waals surface area contributed by atoms with E-state index in [1.165, 1.54) is 21.1 Å². The Morgan fingerprint density at radius 1 is 1.07 bits per heavy atom. The number of nitrogens with one attached hydrogen (secondary N) is 3. The summed E-state index contributed by atoms with van der Waals surface area (Å²) in [6.45, 7) is 5.71. The molecule has 3 aromatic rings. The third kappa shape index (κ3) is 8.56. The minimum Gasteiger partial charge on any atom is -0.496 e. The van der Waals surface area contributed by atoms with Gasteiger partial charge in [0.25, 0.3) is 5.91 Å². The number of rotatable bonds is 10. The number of fused-ring (bicyclic) bond motifs is 3. The summed E-state index contributed by atoms with van der Waals surface area (Å²) in [6, 6.07) is 3.03. The van der Waals surface area contributed by atoms with Crippen molar-refractivity contribution in [1.82, 2.24) is 35.1 Å². The SMILES string of the molecule is COc1ccc2c(O[C@@H]3C[C@H]4C(=O)N[C@]5(C(=O)NS(=O)(=O)C6CC6)C[C@H]5C=CCCCCC[C@H](NC(=O)N(C)C(C)C)C(=O)N4C3)cc(-c3nc(C4CC4)cs3)nc2c1C. The number of thiazole rings is 1. The van der Waals surface area contributed by atoms with Crippen LogP contribution in [0.15, 0.2) is 35.7 Å². The van der Waals surface area contributed by atoms with Gasteiger partial charge in [-0.1, -0.05) is 25.0 Å². The average Bonchev–Trinajstić information content (AvgIpc) is 4.17. The first-order valence-corrected chi connectivity index (χ1v) is 23.6. The van der Waals surface area contributed by atoms with Gasteiger partial charge in [0.05, 0.1) is 30.1 Å². The molecule has 5 amide bonds. The number of aromatic nitrogens is 2. The van der Waals surface area contributed by atoms with E-state index in [0.29, 0.717) is 60.7 Å². The highest BCUT2D eigenvalue weighted by atomic mass is 32.2. The molecule has 3 saturated carbocycles. The first-order chi connectivity index (χ1) is 28.7. The fourth-order valence-corrected chi connectivity index (χ4v) is 10.5. The molecule has 8 rings (SSSR count). The Morgan fingerprint density at radius 3 is 2.57 bits per heavy atom. The molecule has 0 unspecified atom stereocenters. The molecule has 4 fully saturated rings. The second-order valence-corrected chi connectivity index (χ2v) is 20.2. The molecular weight excluding hydrogens is 807 g/mol. The van der Waals surface area contributed by atoms with Crippen LogP contribution in [0.25, 0.3) is 21.6 Å². The Kier molecular flexibility index (Phi) is 11.6. The summed E-state index contributed by atoms with van der Waals surface area (Å²) in [5.74, 6) is -0.599. The molecule has 5 aliphatic rings. The van der Waals surface area contributed by atoms with Crippen molar-refractivity contribution in [2.24, 2.45) is 5.92 Å².